The van der Waals surface area contributed by atoms with Crippen molar-refractivity contribution in [3.8, 4) is 5.75 Å². The van der Waals surface area contributed by atoms with Gasteiger partial charge in [-0.25, -0.2) is 0 Å². The highest BCUT2D eigenvalue weighted by atomic mass is 32.2. The van der Waals surface area contributed by atoms with Crippen LogP contribution in [0.5, 0.6) is 5.75 Å². The van der Waals surface area contributed by atoms with Crippen molar-refractivity contribution in [2.75, 3.05) is 45.3 Å². The molecule has 1 aliphatic heterocycles. The molecule has 1 aromatic rings. The molecule has 0 saturated carbocycles. The third-order valence-corrected chi connectivity index (χ3v) is 5.22. The molecular weight excluding hydrogens is 296 g/mol. The molecular formula is C17H28N2O2S. The van der Waals surface area contributed by atoms with E-state index in [1.54, 1.807) is 0 Å². The molecule has 0 radical (unpaired) electrons. The molecule has 22 heavy (non-hydrogen) atoms. The minimum absolute atomic E-state index is 0.201. The Labute approximate surface area is 138 Å². The lowest BCUT2D eigenvalue weighted by Gasteiger charge is -2.25. The maximum atomic E-state index is 10.4. The summed E-state index contributed by atoms with van der Waals surface area (Å²) in [7, 11) is 4.08. The van der Waals surface area contributed by atoms with Crippen LogP contribution in [0.4, 0.5) is 0 Å². The molecule has 4 nitrogen and oxygen atoms in total. The fourth-order valence-corrected chi connectivity index (χ4v) is 3.71. The van der Waals surface area contributed by atoms with Crippen LogP contribution in [0.15, 0.2) is 24.3 Å². The number of thioether (sulfide) groups is 1. The molecule has 0 spiro atoms. The maximum Gasteiger partial charge on any atom is 0.119 e. The first kappa shape index (κ1) is 17.6. The summed E-state index contributed by atoms with van der Waals surface area (Å²) in [5.41, 5.74) is 0.648. The second-order valence-corrected chi connectivity index (χ2v) is 7.46. The van der Waals surface area contributed by atoms with E-state index in [0.717, 1.165) is 30.2 Å². The average Bonchev–Trinajstić information content (AvgIpc) is 2.92. The first-order valence-corrected chi connectivity index (χ1v) is 9.05. The van der Waals surface area contributed by atoms with Gasteiger partial charge in [0.15, 0.2) is 0 Å². The van der Waals surface area contributed by atoms with Crippen molar-refractivity contribution in [2.24, 2.45) is 0 Å². The fourth-order valence-electron chi connectivity index (χ4n) is 2.42. The number of nitrogens with one attached hydrogen (secondary N) is 1. The van der Waals surface area contributed by atoms with Gasteiger partial charge in [-0.2, -0.15) is 11.8 Å². The molecule has 5 heteroatoms. The molecule has 1 aliphatic rings. The number of benzene rings is 1. The number of hydrogen-bond donors (Lipinski definition) is 2. The lowest BCUT2D eigenvalue weighted by atomic mass is 10.0. The highest BCUT2D eigenvalue weighted by Gasteiger charge is 2.31. The molecule has 0 aliphatic carbocycles. The summed E-state index contributed by atoms with van der Waals surface area (Å²) in [4.78, 5) is 2.11. The van der Waals surface area contributed by atoms with E-state index in [2.05, 4.69) is 29.3 Å². The standard InChI is InChI=1S/C17H28N2O2S/c1-14(18-12-17(20)7-10-22-13-17)15-5-4-6-16(11-15)21-9-8-19(2)3/h4-6,11,14,18,20H,7-10,12-13H2,1-3H3. The molecule has 0 bridgehead atoms. The van der Waals surface area contributed by atoms with Crippen LogP contribution in [-0.4, -0.2) is 60.9 Å². The van der Waals surface area contributed by atoms with Crippen LogP contribution in [0.3, 0.4) is 0 Å². The molecule has 124 valence electrons. The Bertz CT molecular complexity index is 462. The summed E-state index contributed by atoms with van der Waals surface area (Å²) in [5.74, 6) is 2.80. The van der Waals surface area contributed by atoms with E-state index < -0.39 is 5.60 Å². The first-order valence-electron chi connectivity index (χ1n) is 7.89. The summed E-state index contributed by atoms with van der Waals surface area (Å²) in [6.45, 7) is 4.37. The van der Waals surface area contributed by atoms with Crippen molar-refractivity contribution in [3.05, 3.63) is 29.8 Å². The van der Waals surface area contributed by atoms with Crippen molar-refractivity contribution < 1.29 is 9.84 Å². The van der Waals surface area contributed by atoms with Crippen molar-refractivity contribution >= 4 is 11.8 Å². The predicted octanol–water partition coefficient (Wildman–Crippen LogP) is 2.15. The lowest BCUT2D eigenvalue weighted by Crippen LogP contribution is -2.41. The van der Waals surface area contributed by atoms with Gasteiger partial charge in [0.25, 0.3) is 0 Å². The van der Waals surface area contributed by atoms with E-state index in [9.17, 15) is 5.11 Å². The Morgan fingerprint density at radius 2 is 2.27 bits per heavy atom. The normalized spacial score (nSPS) is 23.0. The van der Waals surface area contributed by atoms with Gasteiger partial charge in [-0.3, -0.25) is 0 Å². The molecule has 2 unspecified atom stereocenters. The molecule has 1 heterocycles. The predicted molar refractivity (Wildman–Crippen MR) is 93.8 cm³/mol. The topological polar surface area (TPSA) is 44.7 Å². The van der Waals surface area contributed by atoms with E-state index >= 15 is 0 Å². The molecule has 0 amide bonds. The molecule has 1 aromatic carbocycles. The summed E-state index contributed by atoms with van der Waals surface area (Å²) >= 11 is 1.83. The average molecular weight is 324 g/mol. The minimum atomic E-state index is -0.543. The van der Waals surface area contributed by atoms with Crippen LogP contribution >= 0.6 is 11.8 Å². The van der Waals surface area contributed by atoms with E-state index in [0.29, 0.717) is 13.2 Å². The SMILES string of the molecule is CC(NCC1(O)CCSC1)c1cccc(OCCN(C)C)c1. The lowest BCUT2D eigenvalue weighted by molar-refractivity contribution is 0.0651. The van der Waals surface area contributed by atoms with E-state index in [-0.39, 0.29) is 6.04 Å². The Morgan fingerprint density at radius 3 is 2.95 bits per heavy atom. The zero-order valence-electron chi connectivity index (χ0n) is 13.8. The number of rotatable bonds is 8. The second kappa shape index (κ2) is 8.20. The Kier molecular flexibility index (Phi) is 6.56. The van der Waals surface area contributed by atoms with E-state index in [1.807, 2.05) is 38.0 Å². The van der Waals surface area contributed by atoms with Gasteiger partial charge in [-0.05, 0) is 50.9 Å². The van der Waals surface area contributed by atoms with Crippen LogP contribution in [0.2, 0.25) is 0 Å². The Balaban J connectivity index is 1.85. The Morgan fingerprint density at radius 1 is 1.45 bits per heavy atom. The third-order valence-electron chi connectivity index (χ3n) is 3.99. The van der Waals surface area contributed by atoms with Gasteiger partial charge in [-0.15, -0.1) is 0 Å². The van der Waals surface area contributed by atoms with Crippen molar-refractivity contribution in [1.82, 2.24) is 10.2 Å². The van der Waals surface area contributed by atoms with Gasteiger partial charge < -0.3 is 20.1 Å². The summed E-state index contributed by atoms with van der Waals surface area (Å²) < 4.78 is 5.78. The molecule has 2 rings (SSSR count). The van der Waals surface area contributed by atoms with Gasteiger partial charge >= 0.3 is 0 Å². The zero-order chi connectivity index (χ0) is 16.0. The highest BCUT2D eigenvalue weighted by molar-refractivity contribution is 7.99. The molecule has 0 aromatic heterocycles. The number of hydrogen-bond acceptors (Lipinski definition) is 5. The first-order chi connectivity index (χ1) is 10.5. The summed E-state index contributed by atoms with van der Waals surface area (Å²) in [6, 6.07) is 8.41. The van der Waals surface area contributed by atoms with Crippen LogP contribution in [-0.2, 0) is 0 Å². The van der Waals surface area contributed by atoms with E-state index in [4.69, 9.17) is 4.74 Å². The van der Waals surface area contributed by atoms with Crippen molar-refractivity contribution in [2.45, 2.75) is 25.0 Å². The van der Waals surface area contributed by atoms with Crippen LogP contribution < -0.4 is 10.1 Å². The minimum Gasteiger partial charge on any atom is -0.492 e. The Hall–Kier alpha value is -0.750. The largest absolute Gasteiger partial charge is 0.492 e. The van der Waals surface area contributed by atoms with Gasteiger partial charge in [0.2, 0.25) is 0 Å². The maximum absolute atomic E-state index is 10.4. The van der Waals surface area contributed by atoms with Crippen LogP contribution in [0, 0.1) is 0 Å². The van der Waals surface area contributed by atoms with Crippen molar-refractivity contribution in [3.63, 3.8) is 0 Å². The number of nitrogens with zero attached hydrogens (tertiary/aromatic N) is 1. The number of aliphatic hydroxyl groups is 1. The summed E-state index contributed by atoms with van der Waals surface area (Å²) in [6.07, 6.45) is 0.880. The molecule has 2 atom stereocenters. The van der Waals surface area contributed by atoms with Crippen molar-refractivity contribution in [1.29, 1.82) is 0 Å². The smallest absolute Gasteiger partial charge is 0.119 e. The van der Waals surface area contributed by atoms with E-state index in [1.165, 1.54) is 5.56 Å². The van der Waals surface area contributed by atoms with Gasteiger partial charge in [0, 0.05) is 24.9 Å². The zero-order valence-corrected chi connectivity index (χ0v) is 14.7. The molecule has 1 saturated heterocycles. The molecule has 2 N–H and O–H groups in total. The van der Waals surface area contributed by atoms with Gasteiger partial charge in [-0.1, -0.05) is 12.1 Å². The fraction of sp³-hybridized carbons (Fsp3) is 0.647. The van der Waals surface area contributed by atoms with Crippen LogP contribution in [0.1, 0.15) is 24.9 Å². The third kappa shape index (κ3) is 5.47. The highest BCUT2D eigenvalue weighted by Crippen LogP contribution is 2.28. The van der Waals surface area contributed by atoms with Gasteiger partial charge in [0.1, 0.15) is 12.4 Å². The quantitative estimate of drug-likeness (QED) is 0.767. The monoisotopic (exact) mass is 324 g/mol. The summed E-state index contributed by atoms with van der Waals surface area (Å²) in [5, 5.41) is 13.9. The number of likely N-dealkylation sites (N-methyl/N-ethyl adjacent to an activating group) is 1. The molecule has 1 fully saturated rings. The second-order valence-electron chi connectivity index (χ2n) is 6.35. The van der Waals surface area contributed by atoms with Gasteiger partial charge in [0.05, 0.1) is 5.60 Å². The van der Waals surface area contributed by atoms with Crippen LogP contribution in [0.25, 0.3) is 0 Å². The number of ether oxygens (including phenoxy) is 1.